The molecule has 1 amide bonds. The van der Waals surface area contributed by atoms with Crippen molar-refractivity contribution in [2.45, 2.75) is 33.4 Å². The Hall–Kier alpha value is -3.12. The van der Waals surface area contributed by atoms with E-state index in [1.807, 2.05) is 26.8 Å². The molecule has 0 spiro atoms. The number of hydrogen-bond donors (Lipinski definition) is 1. The first-order valence-electron chi connectivity index (χ1n) is 10.1. The zero-order valence-corrected chi connectivity index (χ0v) is 19.1. The number of anilines is 1. The van der Waals surface area contributed by atoms with Gasteiger partial charge in [-0.3, -0.25) is 9.10 Å². The fourth-order valence-electron chi connectivity index (χ4n) is 3.51. The highest BCUT2D eigenvalue weighted by atomic mass is 32.2. The third-order valence-electron chi connectivity index (χ3n) is 5.24. The molecular formula is C25H28N2O3S. The van der Waals surface area contributed by atoms with Crippen LogP contribution in [0.3, 0.4) is 0 Å². The zero-order chi connectivity index (χ0) is 22.6. The van der Waals surface area contributed by atoms with E-state index in [0.717, 1.165) is 22.3 Å². The molecule has 0 aliphatic rings. The summed E-state index contributed by atoms with van der Waals surface area (Å²) in [5, 5.41) is 3.05. The van der Waals surface area contributed by atoms with Gasteiger partial charge in [-0.25, -0.2) is 8.42 Å². The molecule has 0 radical (unpaired) electrons. The van der Waals surface area contributed by atoms with Crippen molar-refractivity contribution in [2.24, 2.45) is 0 Å². The SMILES string of the molecule is Cc1ccc(C)c([C@@H](C)NC(=O)c2ccc(CN(c3ccccc3)S(C)(=O)=O)cc2)c1. The van der Waals surface area contributed by atoms with Crippen LogP contribution in [0.1, 0.15) is 45.6 Å². The highest BCUT2D eigenvalue weighted by molar-refractivity contribution is 7.92. The van der Waals surface area contributed by atoms with Gasteiger partial charge in [0.15, 0.2) is 0 Å². The number of para-hydroxylation sites is 1. The molecular weight excluding hydrogens is 408 g/mol. The number of nitrogens with one attached hydrogen (secondary N) is 1. The Bertz CT molecular complexity index is 1160. The molecule has 1 N–H and O–H groups in total. The van der Waals surface area contributed by atoms with Crippen molar-refractivity contribution in [1.82, 2.24) is 5.32 Å². The molecule has 0 bridgehead atoms. The summed E-state index contributed by atoms with van der Waals surface area (Å²) >= 11 is 0. The zero-order valence-electron chi connectivity index (χ0n) is 18.3. The molecule has 0 aliphatic carbocycles. The van der Waals surface area contributed by atoms with Crippen LogP contribution in [-0.4, -0.2) is 20.6 Å². The van der Waals surface area contributed by atoms with Crippen LogP contribution in [0.4, 0.5) is 5.69 Å². The number of nitrogens with zero attached hydrogens (tertiary/aromatic N) is 1. The highest BCUT2D eigenvalue weighted by Crippen LogP contribution is 2.21. The van der Waals surface area contributed by atoms with Crippen molar-refractivity contribution in [1.29, 1.82) is 0 Å². The van der Waals surface area contributed by atoms with Crippen molar-refractivity contribution in [3.63, 3.8) is 0 Å². The van der Waals surface area contributed by atoms with Crippen LogP contribution in [0.25, 0.3) is 0 Å². The van der Waals surface area contributed by atoms with Crippen molar-refractivity contribution < 1.29 is 13.2 Å². The number of benzene rings is 3. The first-order chi connectivity index (χ1) is 14.6. The minimum absolute atomic E-state index is 0.120. The van der Waals surface area contributed by atoms with E-state index in [4.69, 9.17) is 0 Å². The number of carbonyl (C=O) groups excluding carboxylic acids is 1. The van der Waals surface area contributed by atoms with Gasteiger partial charge < -0.3 is 5.32 Å². The first-order valence-corrected chi connectivity index (χ1v) is 12.0. The van der Waals surface area contributed by atoms with Crippen LogP contribution >= 0.6 is 0 Å². The lowest BCUT2D eigenvalue weighted by molar-refractivity contribution is 0.0940. The predicted molar refractivity (Wildman–Crippen MR) is 126 cm³/mol. The van der Waals surface area contributed by atoms with E-state index in [9.17, 15) is 13.2 Å². The van der Waals surface area contributed by atoms with Gasteiger partial charge in [-0.2, -0.15) is 0 Å². The number of rotatable bonds is 7. The van der Waals surface area contributed by atoms with E-state index in [-0.39, 0.29) is 18.5 Å². The lowest BCUT2D eigenvalue weighted by atomic mass is 9.99. The molecule has 162 valence electrons. The van der Waals surface area contributed by atoms with Crippen LogP contribution in [0, 0.1) is 13.8 Å². The Balaban J connectivity index is 1.73. The first kappa shape index (κ1) is 22.6. The topological polar surface area (TPSA) is 66.5 Å². The van der Waals surface area contributed by atoms with Gasteiger partial charge in [0, 0.05) is 5.56 Å². The number of hydrogen-bond acceptors (Lipinski definition) is 3. The van der Waals surface area contributed by atoms with E-state index in [1.54, 1.807) is 48.5 Å². The molecule has 0 saturated heterocycles. The number of amides is 1. The Morgan fingerprint density at radius 1 is 0.968 bits per heavy atom. The average Bonchev–Trinajstić information content (AvgIpc) is 2.73. The molecule has 0 heterocycles. The van der Waals surface area contributed by atoms with Crippen LogP contribution in [0.15, 0.2) is 72.8 Å². The predicted octanol–water partition coefficient (Wildman–Crippen LogP) is 4.76. The number of carbonyl (C=O) groups is 1. The summed E-state index contributed by atoms with van der Waals surface area (Å²) in [6.07, 6.45) is 1.19. The van der Waals surface area contributed by atoms with Crippen molar-refractivity contribution in [3.05, 3.63) is 101 Å². The largest absolute Gasteiger partial charge is 0.346 e. The second-order valence-electron chi connectivity index (χ2n) is 7.86. The molecule has 31 heavy (non-hydrogen) atoms. The molecule has 3 aromatic carbocycles. The Kier molecular flexibility index (Phi) is 6.81. The number of sulfonamides is 1. The molecule has 1 atom stereocenters. The van der Waals surface area contributed by atoms with E-state index >= 15 is 0 Å². The lowest BCUT2D eigenvalue weighted by Gasteiger charge is -2.22. The summed E-state index contributed by atoms with van der Waals surface area (Å²) in [5.41, 5.74) is 5.32. The van der Waals surface area contributed by atoms with E-state index in [0.29, 0.717) is 11.3 Å². The summed E-state index contributed by atoms with van der Waals surface area (Å²) in [6.45, 7) is 6.24. The third-order valence-corrected chi connectivity index (χ3v) is 6.38. The van der Waals surface area contributed by atoms with Crippen molar-refractivity contribution in [2.75, 3.05) is 10.6 Å². The number of aryl methyl sites for hydroxylation is 2. The summed E-state index contributed by atoms with van der Waals surface area (Å²) in [7, 11) is -3.44. The molecule has 0 aromatic heterocycles. The molecule has 5 nitrogen and oxygen atoms in total. The Morgan fingerprint density at radius 2 is 1.61 bits per heavy atom. The smallest absolute Gasteiger partial charge is 0.251 e. The van der Waals surface area contributed by atoms with Gasteiger partial charge in [-0.1, -0.05) is 54.1 Å². The second kappa shape index (κ2) is 9.35. The van der Waals surface area contributed by atoms with Gasteiger partial charge in [0.1, 0.15) is 0 Å². The van der Waals surface area contributed by atoms with Crippen LogP contribution in [-0.2, 0) is 16.6 Å². The molecule has 3 rings (SSSR count). The molecule has 0 unspecified atom stereocenters. The van der Waals surface area contributed by atoms with Gasteiger partial charge in [-0.05, 0) is 61.7 Å². The summed E-state index contributed by atoms with van der Waals surface area (Å²) < 4.78 is 25.9. The fraction of sp³-hybridized carbons (Fsp3) is 0.240. The minimum Gasteiger partial charge on any atom is -0.346 e. The molecule has 6 heteroatoms. The quantitative estimate of drug-likeness (QED) is 0.581. The van der Waals surface area contributed by atoms with Gasteiger partial charge in [-0.15, -0.1) is 0 Å². The van der Waals surface area contributed by atoms with Crippen LogP contribution in [0.5, 0.6) is 0 Å². The van der Waals surface area contributed by atoms with Gasteiger partial charge in [0.2, 0.25) is 10.0 Å². The monoisotopic (exact) mass is 436 g/mol. The maximum atomic E-state index is 12.7. The maximum absolute atomic E-state index is 12.7. The second-order valence-corrected chi connectivity index (χ2v) is 9.76. The van der Waals surface area contributed by atoms with Crippen molar-refractivity contribution in [3.8, 4) is 0 Å². The average molecular weight is 437 g/mol. The van der Waals surface area contributed by atoms with E-state index in [2.05, 4.69) is 23.5 Å². The minimum atomic E-state index is -3.44. The van der Waals surface area contributed by atoms with Gasteiger partial charge in [0.25, 0.3) is 5.91 Å². The lowest BCUT2D eigenvalue weighted by Crippen LogP contribution is -2.29. The molecule has 0 fully saturated rings. The third kappa shape index (κ3) is 5.73. The van der Waals surface area contributed by atoms with Gasteiger partial charge in [0.05, 0.1) is 24.5 Å². The normalized spacial score (nSPS) is 12.3. The van der Waals surface area contributed by atoms with E-state index < -0.39 is 10.0 Å². The summed E-state index contributed by atoms with van der Waals surface area (Å²) in [6, 6.07) is 22.1. The summed E-state index contributed by atoms with van der Waals surface area (Å²) in [5.74, 6) is -0.164. The Labute approximate surface area is 184 Å². The standard InChI is InChI=1S/C25H28N2O3S/c1-18-10-11-19(2)24(16-18)20(3)26-25(28)22-14-12-21(13-15-22)17-27(31(4,29)30)23-8-6-5-7-9-23/h5-16,20H,17H2,1-4H3,(H,26,28)/t20-/m1/s1. The van der Waals surface area contributed by atoms with Crippen molar-refractivity contribution >= 4 is 21.6 Å². The Morgan fingerprint density at radius 3 is 2.23 bits per heavy atom. The van der Waals surface area contributed by atoms with Crippen LogP contribution in [0.2, 0.25) is 0 Å². The highest BCUT2D eigenvalue weighted by Gasteiger charge is 2.18. The van der Waals surface area contributed by atoms with Crippen LogP contribution < -0.4 is 9.62 Å². The van der Waals surface area contributed by atoms with Gasteiger partial charge >= 0.3 is 0 Å². The van der Waals surface area contributed by atoms with E-state index in [1.165, 1.54) is 10.6 Å². The molecule has 0 aliphatic heterocycles. The molecule has 3 aromatic rings. The summed E-state index contributed by atoms with van der Waals surface area (Å²) in [4.78, 5) is 12.7. The maximum Gasteiger partial charge on any atom is 0.251 e. The fourth-order valence-corrected chi connectivity index (χ4v) is 4.39. The molecule has 0 saturated carbocycles.